The summed E-state index contributed by atoms with van der Waals surface area (Å²) in [5.41, 5.74) is 1.08. The number of rotatable bonds is 3. The first-order valence-corrected chi connectivity index (χ1v) is 3.95. The van der Waals surface area contributed by atoms with Crippen LogP contribution in [0.15, 0.2) is 12.3 Å². The molecule has 0 amide bonds. The summed E-state index contributed by atoms with van der Waals surface area (Å²) in [6, 6.07) is 0. The van der Waals surface area contributed by atoms with E-state index < -0.39 is 6.10 Å². The zero-order valence-electron chi connectivity index (χ0n) is 6.66. The molecule has 0 radical (unpaired) electrons. The molecule has 1 aliphatic heterocycles. The molecule has 0 spiro atoms. The Morgan fingerprint density at radius 3 is 2.82 bits per heavy atom. The second-order valence-electron chi connectivity index (χ2n) is 2.95. The molecule has 11 heavy (non-hydrogen) atoms. The van der Waals surface area contributed by atoms with Gasteiger partial charge >= 0.3 is 0 Å². The molecule has 0 saturated carbocycles. The van der Waals surface area contributed by atoms with Crippen molar-refractivity contribution in [2.75, 3.05) is 19.7 Å². The van der Waals surface area contributed by atoms with Crippen molar-refractivity contribution in [1.29, 1.82) is 0 Å². The van der Waals surface area contributed by atoms with Crippen LogP contribution >= 0.6 is 0 Å². The van der Waals surface area contributed by atoms with Gasteiger partial charge in [0.25, 0.3) is 0 Å². The van der Waals surface area contributed by atoms with Crippen molar-refractivity contribution < 1.29 is 10.2 Å². The average Bonchev–Trinajstić information content (AvgIpc) is 2.37. The standard InChI is InChI=1S/C8H15NO2/c1-7-3-2-4-9(7)5-8(11)6-10/h8,10-11H,1-6H2. The molecule has 1 rings (SSSR count). The minimum absolute atomic E-state index is 0.163. The van der Waals surface area contributed by atoms with Crippen LogP contribution in [-0.2, 0) is 0 Å². The maximum atomic E-state index is 9.10. The molecule has 0 aliphatic carbocycles. The van der Waals surface area contributed by atoms with Gasteiger partial charge in [0.2, 0.25) is 0 Å². The number of likely N-dealkylation sites (tertiary alicyclic amines) is 1. The Hall–Kier alpha value is -0.540. The van der Waals surface area contributed by atoms with Gasteiger partial charge < -0.3 is 15.1 Å². The molecule has 1 unspecified atom stereocenters. The third kappa shape index (κ3) is 2.20. The van der Waals surface area contributed by atoms with Crippen LogP contribution in [0.4, 0.5) is 0 Å². The maximum absolute atomic E-state index is 9.10. The molecule has 64 valence electrons. The van der Waals surface area contributed by atoms with Crippen molar-refractivity contribution >= 4 is 0 Å². The van der Waals surface area contributed by atoms with Crippen molar-refractivity contribution in [1.82, 2.24) is 4.90 Å². The van der Waals surface area contributed by atoms with Crippen molar-refractivity contribution in [3.63, 3.8) is 0 Å². The Balaban J connectivity index is 2.30. The minimum Gasteiger partial charge on any atom is -0.394 e. The fourth-order valence-electron chi connectivity index (χ4n) is 1.32. The minimum atomic E-state index is -0.621. The Kier molecular flexibility index (Phi) is 2.91. The van der Waals surface area contributed by atoms with Crippen LogP contribution in [0, 0.1) is 0 Å². The lowest BCUT2D eigenvalue weighted by Gasteiger charge is -2.21. The van der Waals surface area contributed by atoms with Gasteiger partial charge in [0.1, 0.15) is 0 Å². The van der Waals surface area contributed by atoms with E-state index >= 15 is 0 Å². The molecule has 0 aromatic heterocycles. The largest absolute Gasteiger partial charge is 0.394 e. The zero-order valence-corrected chi connectivity index (χ0v) is 6.66. The van der Waals surface area contributed by atoms with Crippen LogP contribution in [0.1, 0.15) is 12.8 Å². The number of nitrogens with zero attached hydrogens (tertiary/aromatic N) is 1. The molecule has 1 fully saturated rings. The average molecular weight is 157 g/mol. The molecular formula is C8H15NO2. The quantitative estimate of drug-likeness (QED) is 0.603. The Morgan fingerprint density at radius 1 is 1.64 bits per heavy atom. The molecule has 1 atom stereocenters. The van der Waals surface area contributed by atoms with Gasteiger partial charge in [0, 0.05) is 18.8 Å². The van der Waals surface area contributed by atoms with E-state index in [2.05, 4.69) is 6.58 Å². The lowest BCUT2D eigenvalue weighted by atomic mass is 10.3. The summed E-state index contributed by atoms with van der Waals surface area (Å²) >= 11 is 0. The fourth-order valence-corrected chi connectivity index (χ4v) is 1.32. The number of aliphatic hydroxyl groups excluding tert-OH is 2. The molecule has 1 heterocycles. The Labute approximate surface area is 66.9 Å². The molecule has 3 nitrogen and oxygen atoms in total. The van der Waals surface area contributed by atoms with E-state index in [1.165, 1.54) is 0 Å². The maximum Gasteiger partial charge on any atom is 0.0945 e. The molecule has 0 aromatic rings. The highest BCUT2D eigenvalue weighted by atomic mass is 16.3. The summed E-state index contributed by atoms with van der Waals surface area (Å²) in [4.78, 5) is 2.03. The van der Waals surface area contributed by atoms with Gasteiger partial charge in [-0.2, -0.15) is 0 Å². The molecule has 1 aliphatic rings. The monoisotopic (exact) mass is 157 g/mol. The van der Waals surface area contributed by atoms with Crippen molar-refractivity contribution in [2.45, 2.75) is 18.9 Å². The summed E-state index contributed by atoms with van der Waals surface area (Å²) < 4.78 is 0. The number of aliphatic hydroxyl groups is 2. The van der Waals surface area contributed by atoms with E-state index in [1.807, 2.05) is 4.90 Å². The van der Waals surface area contributed by atoms with E-state index in [0.717, 1.165) is 25.1 Å². The predicted molar refractivity (Wildman–Crippen MR) is 43.0 cm³/mol. The smallest absolute Gasteiger partial charge is 0.0945 e. The lowest BCUT2D eigenvalue weighted by Crippen LogP contribution is -2.30. The van der Waals surface area contributed by atoms with Crippen molar-refractivity contribution in [3.05, 3.63) is 12.3 Å². The van der Waals surface area contributed by atoms with Crippen molar-refractivity contribution in [3.8, 4) is 0 Å². The lowest BCUT2D eigenvalue weighted by molar-refractivity contribution is 0.0723. The number of hydrogen-bond acceptors (Lipinski definition) is 3. The van der Waals surface area contributed by atoms with Gasteiger partial charge in [0.15, 0.2) is 0 Å². The number of β-amino-alcohol motifs (C(OH)–C–C–N with tert-alkyl or cyclic N) is 1. The highest BCUT2D eigenvalue weighted by Crippen LogP contribution is 2.18. The van der Waals surface area contributed by atoms with Gasteiger partial charge in [-0.25, -0.2) is 0 Å². The second kappa shape index (κ2) is 3.74. The van der Waals surface area contributed by atoms with Gasteiger partial charge in [-0.3, -0.25) is 0 Å². The van der Waals surface area contributed by atoms with Crippen LogP contribution < -0.4 is 0 Å². The van der Waals surface area contributed by atoms with E-state index in [9.17, 15) is 0 Å². The summed E-state index contributed by atoms with van der Waals surface area (Å²) in [6.07, 6.45) is 1.53. The zero-order chi connectivity index (χ0) is 8.27. The van der Waals surface area contributed by atoms with Gasteiger partial charge in [-0.05, 0) is 12.8 Å². The van der Waals surface area contributed by atoms with E-state index in [-0.39, 0.29) is 6.61 Å². The first-order chi connectivity index (χ1) is 5.24. The normalized spacial score (nSPS) is 20.9. The van der Waals surface area contributed by atoms with Gasteiger partial charge in [-0.15, -0.1) is 0 Å². The summed E-state index contributed by atoms with van der Waals surface area (Å²) in [5, 5.41) is 17.7. The SMILES string of the molecule is C=C1CCCN1CC(O)CO. The molecule has 1 saturated heterocycles. The van der Waals surface area contributed by atoms with E-state index in [1.54, 1.807) is 0 Å². The summed E-state index contributed by atoms with van der Waals surface area (Å²) in [6.45, 7) is 5.18. The number of allylic oxidation sites excluding steroid dienone is 1. The molecular weight excluding hydrogens is 142 g/mol. The molecule has 0 bridgehead atoms. The second-order valence-corrected chi connectivity index (χ2v) is 2.95. The first-order valence-electron chi connectivity index (χ1n) is 3.95. The molecule has 0 aromatic carbocycles. The number of hydrogen-bond donors (Lipinski definition) is 2. The third-order valence-corrected chi connectivity index (χ3v) is 1.98. The summed E-state index contributed by atoms with van der Waals surface area (Å²) in [7, 11) is 0. The van der Waals surface area contributed by atoms with E-state index in [4.69, 9.17) is 10.2 Å². The highest BCUT2D eigenvalue weighted by molar-refractivity contribution is 4.99. The molecule has 2 N–H and O–H groups in total. The van der Waals surface area contributed by atoms with Crippen LogP contribution in [0.25, 0.3) is 0 Å². The van der Waals surface area contributed by atoms with Gasteiger partial charge in [0.05, 0.1) is 12.7 Å². The third-order valence-electron chi connectivity index (χ3n) is 1.98. The van der Waals surface area contributed by atoms with Crippen molar-refractivity contribution in [2.24, 2.45) is 0 Å². The van der Waals surface area contributed by atoms with Gasteiger partial charge in [-0.1, -0.05) is 6.58 Å². The van der Waals surface area contributed by atoms with Crippen LogP contribution in [-0.4, -0.2) is 40.9 Å². The fraction of sp³-hybridized carbons (Fsp3) is 0.750. The van der Waals surface area contributed by atoms with Crippen LogP contribution in [0.3, 0.4) is 0 Å². The molecule has 3 heteroatoms. The summed E-state index contributed by atoms with van der Waals surface area (Å²) in [5.74, 6) is 0. The topological polar surface area (TPSA) is 43.7 Å². The van der Waals surface area contributed by atoms with Crippen LogP contribution in [0.5, 0.6) is 0 Å². The highest BCUT2D eigenvalue weighted by Gasteiger charge is 2.17. The predicted octanol–water partition coefficient (Wildman–Crippen LogP) is -0.0509. The first kappa shape index (κ1) is 8.56. The Morgan fingerprint density at radius 2 is 2.36 bits per heavy atom. The Bertz CT molecular complexity index is 147. The van der Waals surface area contributed by atoms with Crippen LogP contribution in [0.2, 0.25) is 0 Å². The van der Waals surface area contributed by atoms with E-state index in [0.29, 0.717) is 6.54 Å².